The van der Waals surface area contributed by atoms with E-state index in [1.165, 1.54) is 0 Å². The monoisotopic (exact) mass is 509 g/mol. The lowest BCUT2D eigenvalue weighted by molar-refractivity contribution is 0.269. The molecular weight excluding hydrogens is 489 g/mol. The van der Waals surface area contributed by atoms with Crippen LogP contribution in [0.1, 0.15) is 29.1 Å². The highest BCUT2D eigenvalue weighted by atomic mass is 35.5. The van der Waals surface area contributed by atoms with Crippen molar-refractivity contribution >= 4 is 40.5 Å². The molecule has 8 heteroatoms. The van der Waals surface area contributed by atoms with Crippen LogP contribution in [0.2, 0.25) is 10.0 Å². The minimum Gasteiger partial charge on any atom is -0.497 e. The lowest BCUT2D eigenvalue weighted by Gasteiger charge is -2.26. The van der Waals surface area contributed by atoms with Gasteiger partial charge in [0.15, 0.2) is 5.11 Å². The van der Waals surface area contributed by atoms with Gasteiger partial charge in [0.05, 0.1) is 28.9 Å². The van der Waals surface area contributed by atoms with Gasteiger partial charge in [-0.25, -0.2) is 0 Å². The fourth-order valence-corrected chi connectivity index (χ4v) is 4.86. The third-order valence-electron chi connectivity index (χ3n) is 5.85. The summed E-state index contributed by atoms with van der Waals surface area (Å²) in [5.41, 5.74) is 2.72. The number of methoxy groups -OCH3 is 1. The van der Waals surface area contributed by atoms with Crippen LogP contribution in [0.4, 0.5) is 0 Å². The SMILES string of the molecule is COc1ccc(CN2C(=S)NC(c3ccccn3)C2c2ccc(-c3cccc(Cl)c3Cl)o2)cc1. The van der Waals surface area contributed by atoms with Crippen LogP contribution >= 0.6 is 35.4 Å². The van der Waals surface area contributed by atoms with Crippen LogP contribution in [0.3, 0.4) is 0 Å². The largest absolute Gasteiger partial charge is 0.497 e. The first-order valence-electron chi connectivity index (χ1n) is 10.7. The van der Waals surface area contributed by atoms with Crippen molar-refractivity contribution in [3.05, 3.63) is 106 Å². The van der Waals surface area contributed by atoms with Gasteiger partial charge in [0.1, 0.15) is 23.3 Å². The summed E-state index contributed by atoms with van der Waals surface area (Å²) in [6.07, 6.45) is 1.78. The van der Waals surface area contributed by atoms with Gasteiger partial charge >= 0.3 is 0 Å². The molecule has 2 atom stereocenters. The highest BCUT2D eigenvalue weighted by Gasteiger charge is 2.41. The number of furan rings is 1. The highest BCUT2D eigenvalue weighted by molar-refractivity contribution is 7.80. The summed E-state index contributed by atoms with van der Waals surface area (Å²) < 4.78 is 11.7. The van der Waals surface area contributed by atoms with Crippen LogP contribution in [0, 0.1) is 0 Å². The molecule has 2 unspecified atom stereocenters. The zero-order valence-electron chi connectivity index (χ0n) is 18.2. The van der Waals surface area contributed by atoms with Crippen molar-refractivity contribution in [1.82, 2.24) is 15.2 Å². The van der Waals surface area contributed by atoms with Gasteiger partial charge in [-0.1, -0.05) is 47.5 Å². The Labute approximate surface area is 213 Å². The van der Waals surface area contributed by atoms with Crippen LogP contribution < -0.4 is 10.1 Å². The standard InChI is InChI=1S/C26H21Cl2N3O2S/c1-32-17-10-8-16(9-11-17)15-31-25(24(30-26(31)34)20-7-2-3-14-29-20)22-13-12-21(33-22)18-5-4-6-19(27)23(18)28/h2-14,24-25H,15H2,1H3,(H,30,34). The predicted molar refractivity (Wildman–Crippen MR) is 138 cm³/mol. The maximum atomic E-state index is 6.45. The molecule has 172 valence electrons. The van der Waals surface area contributed by atoms with Crippen LogP contribution in [-0.4, -0.2) is 22.1 Å². The molecule has 0 radical (unpaired) electrons. The fourth-order valence-electron chi connectivity index (χ4n) is 4.16. The molecular formula is C26H21Cl2N3O2S. The Morgan fingerprint density at radius 2 is 1.85 bits per heavy atom. The Hall–Kier alpha value is -3.06. The summed E-state index contributed by atoms with van der Waals surface area (Å²) in [4.78, 5) is 6.70. The molecule has 0 amide bonds. The molecule has 1 N–H and O–H groups in total. The van der Waals surface area contributed by atoms with Gasteiger partial charge in [-0.05, 0) is 66.3 Å². The molecule has 4 aromatic rings. The van der Waals surface area contributed by atoms with Crippen LogP contribution in [0.15, 0.2) is 83.4 Å². The number of hydrogen-bond donors (Lipinski definition) is 1. The van der Waals surface area contributed by atoms with E-state index >= 15 is 0 Å². The minimum atomic E-state index is -0.212. The highest BCUT2D eigenvalue weighted by Crippen LogP contribution is 2.42. The average molecular weight is 510 g/mol. The van der Waals surface area contributed by atoms with Crippen molar-refractivity contribution in [1.29, 1.82) is 0 Å². The smallest absolute Gasteiger partial charge is 0.170 e. The van der Waals surface area contributed by atoms with E-state index in [1.807, 2.05) is 66.7 Å². The summed E-state index contributed by atoms with van der Waals surface area (Å²) in [7, 11) is 1.66. The quantitative estimate of drug-likeness (QED) is 0.287. The number of thiocarbonyl (C=S) groups is 1. The molecule has 0 bridgehead atoms. The van der Waals surface area contributed by atoms with E-state index in [0.29, 0.717) is 27.5 Å². The van der Waals surface area contributed by atoms with Gasteiger partial charge in [-0.2, -0.15) is 0 Å². The van der Waals surface area contributed by atoms with Gasteiger partial charge in [0, 0.05) is 18.3 Å². The predicted octanol–water partition coefficient (Wildman–Crippen LogP) is 6.83. The molecule has 0 saturated carbocycles. The lowest BCUT2D eigenvalue weighted by atomic mass is 10.0. The third-order valence-corrected chi connectivity index (χ3v) is 7.02. The molecule has 1 fully saturated rings. The summed E-state index contributed by atoms with van der Waals surface area (Å²) in [5, 5.41) is 5.02. The molecule has 2 aromatic heterocycles. The molecule has 5 nitrogen and oxygen atoms in total. The first kappa shape index (κ1) is 22.7. The van der Waals surface area contributed by atoms with E-state index in [9.17, 15) is 0 Å². The van der Waals surface area contributed by atoms with E-state index in [4.69, 9.17) is 44.6 Å². The van der Waals surface area contributed by atoms with Crippen LogP contribution in [0.25, 0.3) is 11.3 Å². The average Bonchev–Trinajstić information content (AvgIpc) is 3.47. The van der Waals surface area contributed by atoms with Crippen molar-refractivity contribution in [2.24, 2.45) is 0 Å². The second kappa shape index (κ2) is 9.66. The minimum absolute atomic E-state index is 0.180. The van der Waals surface area contributed by atoms with Crippen molar-refractivity contribution in [3.8, 4) is 17.1 Å². The van der Waals surface area contributed by atoms with Gasteiger partial charge in [0.25, 0.3) is 0 Å². The Kier molecular flexibility index (Phi) is 6.46. The van der Waals surface area contributed by atoms with Crippen molar-refractivity contribution in [3.63, 3.8) is 0 Å². The second-order valence-electron chi connectivity index (χ2n) is 7.91. The van der Waals surface area contributed by atoms with E-state index in [0.717, 1.165) is 28.3 Å². The molecule has 2 aromatic carbocycles. The summed E-state index contributed by atoms with van der Waals surface area (Å²) in [6, 6.07) is 22.8. The van der Waals surface area contributed by atoms with Gasteiger partial charge in [-0.15, -0.1) is 0 Å². The molecule has 3 heterocycles. The number of rotatable bonds is 6. The Balaban J connectivity index is 1.53. The van der Waals surface area contributed by atoms with Gasteiger partial charge in [-0.3, -0.25) is 4.98 Å². The number of ether oxygens (including phenoxy) is 1. The normalized spacial score (nSPS) is 17.6. The molecule has 1 saturated heterocycles. The number of nitrogens with zero attached hydrogens (tertiary/aromatic N) is 2. The zero-order valence-corrected chi connectivity index (χ0v) is 20.6. The topological polar surface area (TPSA) is 50.5 Å². The molecule has 1 aliphatic rings. The fraction of sp³-hybridized carbons (Fsp3) is 0.154. The van der Waals surface area contributed by atoms with E-state index in [-0.39, 0.29) is 12.1 Å². The molecule has 0 spiro atoms. The third kappa shape index (κ3) is 4.37. The molecule has 34 heavy (non-hydrogen) atoms. The number of halogens is 2. The first-order chi connectivity index (χ1) is 16.5. The number of aromatic nitrogens is 1. The van der Waals surface area contributed by atoms with Crippen molar-refractivity contribution in [2.75, 3.05) is 7.11 Å². The number of pyridine rings is 1. The zero-order chi connectivity index (χ0) is 23.7. The summed E-state index contributed by atoms with van der Waals surface area (Å²) in [6.45, 7) is 0.595. The Bertz CT molecular complexity index is 1310. The molecule has 5 rings (SSSR count). The van der Waals surface area contributed by atoms with Gasteiger partial charge < -0.3 is 19.4 Å². The van der Waals surface area contributed by atoms with Crippen LogP contribution in [-0.2, 0) is 6.54 Å². The number of hydrogen-bond acceptors (Lipinski definition) is 4. The van der Waals surface area contributed by atoms with Crippen LogP contribution in [0.5, 0.6) is 5.75 Å². The van der Waals surface area contributed by atoms with E-state index < -0.39 is 0 Å². The molecule has 0 aliphatic carbocycles. The van der Waals surface area contributed by atoms with E-state index in [2.05, 4.69) is 15.2 Å². The maximum absolute atomic E-state index is 6.45. The maximum Gasteiger partial charge on any atom is 0.170 e. The Morgan fingerprint density at radius 3 is 2.59 bits per heavy atom. The summed E-state index contributed by atoms with van der Waals surface area (Å²) >= 11 is 18.4. The summed E-state index contributed by atoms with van der Waals surface area (Å²) in [5.74, 6) is 2.20. The van der Waals surface area contributed by atoms with Gasteiger partial charge in [0.2, 0.25) is 0 Å². The van der Waals surface area contributed by atoms with E-state index in [1.54, 1.807) is 19.4 Å². The Morgan fingerprint density at radius 1 is 1.03 bits per heavy atom. The first-order valence-corrected chi connectivity index (χ1v) is 11.9. The second-order valence-corrected chi connectivity index (χ2v) is 9.08. The number of nitrogens with one attached hydrogen (secondary N) is 1. The number of benzene rings is 2. The van der Waals surface area contributed by atoms with Crippen molar-refractivity contribution in [2.45, 2.75) is 18.6 Å². The van der Waals surface area contributed by atoms with Crippen molar-refractivity contribution < 1.29 is 9.15 Å². The molecule has 1 aliphatic heterocycles. The lowest BCUT2D eigenvalue weighted by Crippen LogP contribution is -2.29.